The van der Waals surface area contributed by atoms with Gasteiger partial charge in [0.15, 0.2) is 11.5 Å². The summed E-state index contributed by atoms with van der Waals surface area (Å²) in [6, 6.07) is 4.92. The van der Waals surface area contributed by atoms with E-state index < -0.39 is 5.97 Å². The first kappa shape index (κ1) is 11.6. The van der Waals surface area contributed by atoms with Gasteiger partial charge in [0, 0.05) is 24.8 Å². The number of carbonyl (C=O) groups excluding carboxylic acids is 1. The third-order valence-electron chi connectivity index (χ3n) is 3.09. The summed E-state index contributed by atoms with van der Waals surface area (Å²) in [6.45, 7) is 0.767. The van der Waals surface area contributed by atoms with Gasteiger partial charge in [0.05, 0.1) is 0 Å². The molecular weight excluding hydrogens is 252 g/mol. The van der Waals surface area contributed by atoms with Gasteiger partial charge in [0.2, 0.25) is 6.79 Å². The van der Waals surface area contributed by atoms with Crippen molar-refractivity contribution in [3.63, 3.8) is 0 Å². The fourth-order valence-electron chi connectivity index (χ4n) is 2.19. The Morgan fingerprint density at radius 2 is 2.05 bits per heavy atom. The van der Waals surface area contributed by atoms with E-state index in [4.69, 9.17) is 14.6 Å². The van der Waals surface area contributed by atoms with E-state index in [1.807, 2.05) is 0 Å². The Morgan fingerprint density at radius 1 is 1.26 bits per heavy atom. The van der Waals surface area contributed by atoms with Crippen LogP contribution in [0, 0.1) is 0 Å². The maximum atomic E-state index is 12.1. The number of rotatable bonds is 3. The number of nitrogens with zero attached hydrogens (tertiary/aromatic N) is 2. The van der Waals surface area contributed by atoms with Crippen molar-refractivity contribution in [1.29, 1.82) is 0 Å². The average molecular weight is 264 g/mol. The summed E-state index contributed by atoms with van der Waals surface area (Å²) in [4.78, 5) is 25.5. The lowest BCUT2D eigenvalue weighted by Gasteiger charge is -2.17. The molecule has 0 unspecified atom stereocenters. The van der Waals surface area contributed by atoms with Gasteiger partial charge in [-0.2, -0.15) is 0 Å². The molecule has 1 aromatic rings. The zero-order valence-electron chi connectivity index (χ0n) is 10.0. The number of ether oxygens (including phenoxy) is 2. The zero-order valence-corrected chi connectivity index (χ0v) is 10.0. The minimum atomic E-state index is -1.01. The number of benzene rings is 1. The first-order valence-electron chi connectivity index (χ1n) is 5.83. The first-order valence-corrected chi connectivity index (χ1v) is 5.83. The number of carboxylic acids is 1. The van der Waals surface area contributed by atoms with E-state index in [0.29, 0.717) is 30.3 Å². The Bertz CT molecular complexity index is 545. The molecule has 0 atom stereocenters. The third-order valence-corrected chi connectivity index (χ3v) is 3.09. The second-order valence-corrected chi connectivity index (χ2v) is 4.29. The highest BCUT2D eigenvalue weighted by Gasteiger charge is 2.31. The van der Waals surface area contributed by atoms with Crippen LogP contribution in [0.1, 0.15) is 0 Å². The van der Waals surface area contributed by atoms with Crippen LogP contribution >= 0.6 is 0 Å². The topological polar surface area (TPSA) is 79.3 Å². The van der Waals surface area contributed by atoms with Crippen LogP contribution in [0.5, 0.6) is 11.5 Å². The van der Waals surface area contributed by atoms with E-state index in [0.717, 1.165) is 0 Å². The molecule has 7 nitrogen and oxygen atoms in total. The molecule has 0 spiro atoms. The summed E-state index contributed by atoms with van der Waals surface area (Å²) in [5.41, 5.74) is 0.683. The number of anilines is 1. The molecule has 2 amide bonds. The Morgan fingerprint density at radius 3 is 2.84 bits per heavy atom. The van der Waals surface area contributed by atoms with Crippen LogP contribution in [0.15, 0.2) is 18.2 Å². The van der Waals surface area contributed by atoms with Crippen LogP contribution in [0.25, 0.3) is 0 Å². The van der Waals surface area contributed by atoms with Crippen molar-refractivity contribution in [3.8, 4) is 11.5 Å². The van der Waals surface area contributed by atoms with Crippen LogP contribution in [-0.2, 0) is 4.79 Å². The predicted octanol–water partition coefficient (Wildman–Crippen LogP) is 0.742. The largest absolute Gasteiger partial charge is 0.480 e. The molecular formula is C12H12N2O5. The highest BCUT2D eigenvalue weighted by molar-refractivity contribution is 5.96. The van der Waals surface area contributed by atoms with Gasteiger partial charge < -0.3 is 19.5 Å². The van der Waals surface area contributed by atoms with Gasteiger partial charge in [-0.1, -0.05) is 0 Å². The average Bonchev–Trinajstić information content (AvgIpc) is 2.96. The molecule has 2 aliphatic heterocycles. The number of urea groups is 1. The molecule has 7 heteroatoms. The summed E-state index contributed by atoms with van der Waals surface area (Å²) in [7, 11) is 0. The van der Waals surface area contributed by atoms with E-state index in [1.165, 1.54) is 9.80 Å². The van der Waals surface area contributed by atoms with Gasteiger partial charge in [-0.15, -0.1) is 0 Å². The second kappa shape index (κ2) is 4.34. The first-order chi connectivity index (χ1) is 9.15. The van der Waals surface area contributed by atoms with Gasteiger partial charge >= 0.3 is 12.0 Å². The van der Waals surface area contributed by atoms with E-state index in [-0.39, 0.29) is 19.4 Å². The minimum absolute atomic E-state index is 0.178. The van der Waals surface area contributed by atoms with Gasteiger partial charge in [-0.25, -0.2) is 4.79 Å². The number of hydrogen-bond donors (Lipinski definition) is 1. The fourth-order valence-corrected chi connectivity index (χ4v) is 2.19. The molecule has 1 saturated heterocycles. The SMILES string of the molecule is O=C(O)CN1CCN(c2ccc3c(c2)OCO3)C1=O. The highest BCUT2D eigenvalue weighted by Crippen LogP contribution is 2.36. The van der Waals surface area contributed by atoms with E-state index in [1.54, 1.807) is 18.2 Å². The molecule has 0 aromatic heterocycles. The number of hydrogen-bond acceptors (Lipinski definition) is 4. The van der Waals surface area contributed by atoms with Crippen molar-refractivity contribution in [3.05, 3.63) is 18.2 Å². The van der Waals surface area contributed by atoms with Gasteiger partial charge in [-0.3, -0.25) is 9.69 Å². The van der Waals surface area contributed by atoms with Crippen molar-refractivity contribution < 1.29 is 24.2 Å². The zero-order chi connectivity index (χ0) is 13.4. The number of carbonyl (C=O) groups is 2. The molecule has 3 rings (SSSR count). The Hall–Kier alpha value is -2.44. The van der Waals surface area contributed by atoms with Crippen LogP contribution in [0.2, 0.25) is 0 Å². The lowest BCUT2D eigenvalue weighted by molar-refractivity contribution is -0.137. The van der Waals surface area contributed by atoms with Crippen molar-refractivity contribution in [1.82, 2.24) is 4.90 Å². The van der Waals surface area contributed by atoms with Gasteiger partial charge in [-0.05, 0) is 12.1 Å². The lowest BCUT2D eigenvalue weighted by Crippen LogP contribution is -2.35. The summed E-state index contributed by atoms with van der Waals surface area (Å²) in [5, 5.41) is 8.73. The van der Waals surface area contributed by atoms with Crippen LogP contribution < -0.4 is 14.4 Å². The summed E-state index contributed by atoms with van der Waals surface area (Å²) in [5.74, 6) is 0.237. The Balaban J connectivity index is 1.80. The molecule has 1 aromatic carbocycles. The second-order valence-electron chi connectivity index (χ2n) is 4.29. The van der Waals surface area contributed by atoms with Crippen LogP contribution in [0.4, 0.5) is 10.5 Å². The van der Waals surface area contributed by atoms with Crippen LogP contribution in [0.3, 0.4) is 0 Å². The molecule has 19 heavy (non-hydrogen) atoms. The van der Waals surface area contributed by atoms with Crippen molar-refractivity contribution in [2.24, 2.45) is 0 Å². The maximum absolute atomic E-state index is 12.1. The summed E-state index contributed by atoms with van der Waals surface area (Å²) >= 11 is 0. The molecule has 0 saturated carbocycles. The normalized spacial score (nSPS) is 17.2. The van der Waals surface area contributed by atoms with E-state index in [9.17, 15) is 9.59 Å². The standard InChI is InChI=1S/C12H12N2O5/c15-11(16)6-13-3-4-14(12(13)17)8-1-2-9-10(5-8)19-7-18-9/h1-2,5H,3-4,6-7H2,(H,15,16). The Kier molecular flexibility index (Phi) is 2.66. The Labute approximate surface area is 108 Å². The predicted molar refractivity (Wildman–Crippen MR) is 64.5 cm³/mol. The monoisotopic (exact) mass is 264 g/mol. The molecule has 0 bridgehead atoms. The molecule has 1 N–H and O–H groups in total. The smallest absolute Gasteiger partial charge is 0.325 e. The maximum Gasteiger partial charge on any atom is 0.325 e. The van der Waals surface area contributed by atoms with Crippen LogP contribution in [-0.4, -0.2) is 48.4 Å². The number of amides is 2. The molecule has 2 aliphatic rings. The van der Waals surface area contributed by atoms with E-state index >= 15 is 0 Å². The molecule has 1 fully saturated rings. The fraction of sp³-hybridized carbons (Fsp3) is 0.333. The lowest BCUT2D eigenvalue weighted by atomic mass is 10.2. The van der Waals surface area contributed by atoms with Gasteiger partial charge in [0.25, 0.3) is 0 Å². The summed E-state index contributed by atoms with van der Waals surface area (Å²) < 4.78 is 10.5. The third kappa shape index (κ3) is 2.03. The van der Waals surface area contributed by atoms with Crippen molar-refractivity contribution in [2.75, 3.05) is 31.3 Å². The summed E-state index contributed by atoms with van der Waals surface area (Å²) in [6.07, 6.45) is 0. The highest BCUT2D eigenvalue weighted by atomic mass is 16.7. The van der Waals surface area contributed by atoms with E-state index in [2.05, 4.69) is 0 Å². The van der Waals surface area contributed by atoms with Crippen molar-refractivity contribution >= 4 is 17.7 Å². The van der Waals surface area contributed by atoms with Crippen molar-refractivity contribution in [2.45, 2.75) is 0 Å². The van der Waals surface area contributed by atoms with Gasteiger partial charge in [0.1, 0.15) is 6.54 Å². The molecule has 0 aliphatic carbocycles. The molecule has 100 valence electrons. The minimum Gasteiger partial charge on any atom is -0.480 e. The molecule has 2 heterocycles. The quantitative estimate of drug-likeness (QED) is 0.871. The number of aliphatic carboxylic acids is 1. The molecule has 0 radical (unpaired) electrons. The number of carboxylic acid groups (broad SMARTS) is 1. The number of fused-ring (bicyclic) bond motifs is 1.